The lowest BCUT2D eigenvalue weighted by Crippen LogP contribution is -2.04. The molecule has 1 aromatic rings. The van der Waals surface area contributed by atoms with Crippen molar-refractivity contribution in [3.63, 3.8) is 0 Å². The summed E-state index contributed by atoms with van der Waals surface area (Å²) >= 11 is 0. The van der Waals surface area contributed by atoms with Gasteiger partial charge in [-0.2, -0.15) is 0 Å². The zero-order valence-corrected chi connectivity index (χ0v) is 10.3. The Morgan fingerprint density at radius 2 is 2.29 bits per heavy atom. The molecule has 2 rings (SSSR count). The number of hydrogen-bond donors (Lipinski definition) is 0. The van der Waals surface area contributed by atoms with Crippen molar-refractivity contribution < 1.29 is 9.53 Å². The van der Waals surface area contributed by atoms with E-state index in [1.807, 2.05) is 19.2 Å². The van der Waals surface area contributed by atoms with E-state index in [1.54, 1.807) is 6.20 Å². The summed E-state index contributed by atoms with van der Waals surface area (Å²) < 4.78 is 5.45. The topological polar surface area (TPSA) is 39.2 Å². The number of ether oxygens (including phenoxy) is 1. The Morgan fingerprint density at radius 1 is 1.41 bits per heavy atom. The largest absolute Gasteiger partial charge is 0.492 e. The van der Waals surface area contributed by atoms with Crippen molar-refractivity contribution in [2.75, 3.05) is 6.61 Å². The molecule has 0 bridgehead atoms. The van der Waals surface area contributed by atoms with Crippen LogP contribution in [0.4, 0.5) is 0 Å². The maximum Gasteiger partial charge on any atom is 0.137 e. The molecule has 0 spiro atoms. The second-order valence-corrected chi connectivity index (χ2v) is 4.57. The molecule has 0 amide bonds. The fourth-order valence-electron chi connectivity index (χ4n) is 2.38. The number of carbonyl (C=O) groups is 1. The molecule has 3 heteroatoms. The van der Waals surface area contributed by atoms with E-state index in [0.717, 1.165) is 37.0 Å². The molecule has 92 valence electrons. The van der Waals surface area contributed by atoms with Gasteiger partial charge in [-0.1, -0.05) is 6.42 Å². The van der Waals surface area contributed by atoms with Crippen molar-refractivity contribution in [2.24, 2.45) is 0 Å². The van der Waals surface area contributed by atoms with E-state index in [9.17, 15) is 4.79 Å². The highest BCUT2D eigenvalue weighted by atomic mass is 16.5. The molecule has 3 nitrogen and oxygen atoms in total. The van der Waals surface area contributed by atoms with Crippen LogP contribution in [-0.4, -0.2) is 17.4 Å². The maximum atomic E-state index is 11.6. The van der Waals surface area contributed by atoms with Crippen molar-refractivity contribution in [3.8, 4) is 5.75 Å². The highest BCUT2D eigenvalue weighted by molar-refractivity contribution is 5.79. The molecule has 1 aliphatic carbocycles. The van der Waals surface area contributed by atoms with Gasteiger partial charge in [0.25, 0.3) is 0 Å². The number of nitrogens with zero attached hydrogens (tertiary/aromatic N) is 1. The van der Waals surface area contributed by atoms with Gasteiger partial charge in [0.2, 0.25) is 0 Å². The highest BCUT2D eigenvalue weighted by Crippen LogP contribution is 2.31. The molecule has 1 heterocycles. The fraction of sp³-hybridized carbons (Fsp3) is 0.571. The molecule has 1 fully saturated rings. The van der Waals surface area contributed by atoms with Gasteiger partial charge in [-0.3, -0.25) is 9.78 Å². The zero-order valence-electron chi connectivity index (χ0n) is 10.3. The Balaban J connectivity index is 2.14. The average Bonchev–Trinajstić information content (AvgIpc) is 2.55. The first-order valence-corrected chi connectivity index (χ1v) is 6.39. The van der Waals surface area contributed by atoms with Gasteiger partial charge in [-0.05, 0) is 37.3 Å². The van der Waals surface area contributed by atoms with Crippen LogP contribution in [0.3, 0.4) is 0 Å². The van der Waals surface area contributed by atoms with E-state index < -0.39 is 0 Å². The summed E-state index contributed by atoms with van der Waals surface area (Å²) in [7, 11) is 0. The predicted octanol–water partition coefficient (Wildman–Crippen LogP) is 3.10. The van der Waals surface area contributed by atoms with Gasteiger partial charge < -0.3 is 4.74 Å². The monoisotopic (exact) mass is 233 g/mol. The van der Waals surface area contributed by atoms with Gasteiger partial charge >= 0.3 is 0 Å². The summed E-state index contributed by atoms with van der Waals surface area (Å²) in [5, 5.41) is 0. The van der Waals surface area contributed by atoms with Crippen molar-refractivity contribution in [1.82, 2.24) is 4.98 Å². The number of Topliss-reactive ketones (excluding diaryl/α,β-unsaturated/α-hetero) is 1. The van der Waals surface area contributed by atoms with Gasteiger partial charge in [0.05, 0.1) is 12.8 Å². The zero-order chi connectivity index (χ0) is 12.1. The van der Waals surface area contributed by atoms with E-state index in [1.165, 1.54) is 0 Å². The van der Waals surface area contributed by atoms with Crippen LogP contribution in [-0.2, 0) is 4.79 Å². The first kappa shape index (κ1) is 12.1. The number of pyridine rings is 1. The SMILES string of the molecule is CCOc1cncc(C2CCCCC(=O)C2)c1. The van der Waals surface area contributed by atoms with Crippen LogP contribution in [0, 0.1) is 0 Å². The molecule has 1 saturated carbocycles. The van der Waals surface area contributed by atoms with Crippen LogP contribution >= 0.6 is 0 Å². The summed E-state index contributed by atoms with van der Waals surface area (Å²) in [4.78, 5) is 15.8. The molecule has 1 aromatic heterocycles. The van der Waals surface area contributed by atoms with E-state index in [0.29, 0.717) is 24.7 Å². The number of ketones is 1. The van der Waals surface area contributed by atoms with Gasteiger partial charge in [0.1, 0.15) is 11.5 Å². The van der Waals surface area contributed by atoms with Crippen molar-refractivity contribution >= 4 is 5.78 Å². The minimum atomic E-state index is 0.331. The molecule has 0 N–H and O–H groups in total. The van der Waals surface area contributed by atoms with Crippen LogP contribution in [0.2, 0.25) is 0 Å². The summed E-state index contributed by atoms with van der Waals surface area (Å²) in [6, 6.07) is 2.03. The average molecular weight is 233 g/mol. The lowest BCUT2D eigenvalue weighted by molar-refractivity contribution is -0.119. The van der Waals surface area contributed by atoms with Gasteiger partial charge in [0, 0.05) is 19.0 Å². The third-order valence-corrected chi connectivity index (χ3v) is 3.25. The second kappa shape index (κ2) is 5.80. The molecule has 0 aliphatic heterocycles. The third kappa shape index (κ3) is 3.29. The number of carbonyl (C=O) groups excluding carboxylic acids is 1. The van der Waals surface area contributed by atoms with Crippen LogP contribution < -0.4 is 4.74 Å². The smallest absolute Gasteiger partial charge is 0.137 e. The number of hydrogen-bond acceptors (Lipinski definition) is 3. The molecular formula is C14H19NO2. The van der Waals surface area contributed by atoms with Gasteiger partial charge in [-0.15, -0.1) is 0 Å². The fourth-order valence-corrected chi connectivity index (χ4v) is 2.38. The van der Waals surface area contributed by atoms with Gasteiger partial charge in [-0.25, -0.2) is 0 Å². The summed E-state index contributed by atoms with van der Waals surface area (Å²) in [6.45, 7) is 2.61. The Bertz CT molecular complexity index is 390. The Hall–Kier alpha value is -1.38. The summed E-state index contributed by atoms with van der Waals surface area (Å²) in [5.74, 6) is 1.52. The Labute approximate surface area is 102 Å². The summed E-state index contributed by atoms with van der Waals surface area (Å²) in [6.07, 6.45) is 8.26. The number of rotatable bonds is 3. The molecule has 17 heavy (non-hydrogen) atoms. The summed E-state index contributed by atoms with van der Waals surface area (Å²) in [5.41, 5.74) is 1.14. The molecule has 1 aliphatic rings. The van der Waals surface area contributed by atoms with E-state index in [2.05, 4.69) is 4.98 Å². The van der Waals surface area contributed by atoms with E-state index >= 15 is 0 Å². The van der Waals surface area contributed by atoms with Gasteiger partial charge in [0.15, 0.2) is 0 Å². The van der Waals surface area contributed by atoms with E-state index in [4.69, 9.17) is 4.74 Å². The van der Waals surface area contributed by atoms with E-state index in [-0.39, 0.29) is 0 Å². The minimum Gasteiger partial charge on any atom is -0.492 e. The predicted molar refractivity (Wildman–Crippen MR) is 66.2 cm³/mol. The lowest BCUT2D eigenvalue weighted by atomic mass is 9.93. The van der Waals surface area contributed by atoms with Crippen molar-refractivity contribution in [1.29, 1.82) is 0 Å². The molecular weight excluding hydrogens is 214 g/mol. The minimum absolute atomic E-state index is 0.331. The van der Waals surface area contributed by atoms with Crippen LogP contribution in [0.25, 0.3) is 0 Å². The van der Waals surface area contributed by atoms with Crippen LogP contribution in [0.15, 0.2) is 18.5 Å². The highest BCUT2D eigenvalue weighted by Gasteiger charge is 2.19. The quantitative estimate of drug-likeness (QED) is 0.753. The first-order valence-electron chi connectivity index (χ1n) is 6.39. The molecule has 1 unspecified atom stereocenters. The number of aromatic nitrogens is 1. The first-order chi connectivity index (χ1) is 8.29. The molecule has 0 radical (unpaired) electrons. The maximum absolute atomic E-state index is 11.6. The molecule has 0 saturated heterocycles. The Kier molecular flexibility index (Phi) is 4.13. The normalized spacial score (nSPS) is 21.0. The standard InChI is InChI=1S/C14H19NO2/c1-2-17-14-8-12(9-15-10-14)11-5-3-4-6-13(16)7-11/h8-11H,2-7H2,1H3. The molecule has 0 aromatic carbocycles. The second-order valence-electron chi connectivity index (χ2n) is 4.57. The van der Waals surface area contributed by atoms with Crippen LogP contribution in [0.5, 0.6) is 5.75 Å². The Morgan fingerprint density at radius 3 is 3.12 bits per heavy atom. The molecule has 1 atom stereocenters. The van der Waals surface area contributed by atoms with Crippen molar-refractivity contribution in [2.45, 2.75) is 44.9 Å². The van der Waals surface area contributed by atoms with Crippen molar-refractivity contribution in [3.05, 3.63) is 24.0 Å². The lowest BCUT2D eigenvalue weighted by Gasteiger charge is -2.14. The van der Waals surface area contributed by atoms with Crippen LogP contribution in [0.1, 0.15) is 50.5 Å². The third-order valence-electron chi connectivity index (χ3n) is 3.25.